The summed E-state index contributed by atoms with van der Waals surface area (Å²) in [4.78, 5) is 18.3. The Morgan fingerprint density at radius 3 is 2.45 bits per heavy atom. The van der Waals surface area contributed by atoms with Gasteiger partial charge in [0.05, 0.1) is 23.2 Å². The first kappa shape index (κ1) is 23.3. The van der Waals surface area contributed by atoms with Crippen molar-refractivity contribution in [3.8, 4) is 17.2 Å². The van der Waals surface area contributed by atoms with Crippen molar-refractivity contribution in [3.05, 3.63) is 70.5 Å². The summed E-state index contributed by atoms with van der Waals surface area (Å²) in [6.07, 6.45) is 3.19. The largest absolute Gasteiger partial charge is 0.491 e. The molecule has 2 aromatic carbocycles. The van der Waals surface area contributed by atoms with Crippen molar-refractivity contribution < 1.29 is 22.7 Å². The lowest BCUT2D eigenvalue weighted by atomic mass is 9.98. The van der Waals surface area contributed by atoms with Crippen LogP contribution in [0.4, 0.5) is 5.69 Å². The highest BCUT2D eigenvalue weighted by atomic mass is 35.5. The number of carbonyl (C=O) groups is 1. The third-order valence-corrected chi connectivity index (χ3v) is 6.79. The molecule has 0 spiro atoms. The van der Waals surface area contributed by atoms with Gasteiger partial charge in [0.15, 0.2) is 11.5 Å². The van der Waals surface area contributed by atoms with Crippen LogP contribution in [0.2, 0.25) is 10.0 Å². The van der Waals surface area contributed by atoms with Crippen molar-refractivity contribution in [3.63, 3.8) is 0 Å². The number of benzene rings is 2. The molecular weight excluding hydrogens is 489 g/mol. The van der Waals surface area contributed by atoms with Gasteiger partial charge in [0.25, 0.3) is 0 Å². The second-order valence-electron chi connectivity index (χ2n) is 7.39. The van der Waals surface area contributed by atoms with E-state index >= 15 is 0 Å². The Labute approximate surface area is 200 Å². The van der Waals surface area contributed by atoms with Crippen LogP contribution in [0.25, 0.3) is 0 Å². The Bertz CT molecular complexity index is 1320. The number of nitrogens with two attached hydrogens (primary N) is 1. The lowest BCUT2D eigenvalue weighted by Crippen LogP contribution is -2.24. The number of amides is 1. The maximum Gasteiger partial charge on any atom is 0.238 e. The molecule has 4 rings (SSSR count). The fourth-order valence-corrected chi connectivity index (χ4v) is 4.47. The van der Waals surface area contributed by atoms with Crippen LogP contribution in [0, 0.1) is 0 Å². The predicted octanol–water partition coefficient (Wildman–Crippen LogP) is 4.36. The minimum Gasteiger partial charge on any atom is -0.491 e. The average Bonchev–Trinajstić information content (AvgIpc) is 3.17. The topological polar surface area (TPSA) is 112 Å². The highest BCUT2D eigenvalue weighted by Gasteiger charge is 2.32. The van der Waals surface area contributed by atoms with E-state index in [1.54, 1.807) is 29.2 Å². The first-order chi connectivity index (χ1) is 15.7. The van der Waals surface area contributed by atoms with E-state index in [-0.39, 0.29) is 33.9 Å². The molecular formula is C22H19Cl2N3O5S. The van der Waals surface area contributed by atoms with Gasteiger partial charge in [0, 0.05) is 30.8 Å². The van der Waals surface area contributed by atoms with E-state index in [9.17, 15) is 13.2 Å². The Kier molecular flexibility index (Phi) is 6.49. The zero-order chi connectivity index (χ0) is 23.8. The molecule has 1 aliphatic heterocycles. The molecule has 1 saturated heterocycles. The smallest absolute Gasteiger partial charge is 0.238 e. The van der Waals surface area contributed by atoms with Gasteiger partial charge >= 0.3 is 0 Å². The molecule has 11 heteroatoms. The molecule has 2 N–H and O–H groups in total. The van der Waals surface area contributed by atoms with E-state index in [2.05, 4.69) is 4.98 Å². The van der Waals surface area contributed by atoms with Gasteiger partial charge in [-0.15, -0.1) is 0 Å². The summed E-state index contributed by atoms with van der Waals surface area (Å²) in [6.45, 7) is 0.411. The van der Waals surface area contributed by atoms with Gasteiger partial charge in [-0.25, -0.2) is 13.6 Å². The van der Waals surface area contributed by atoms with Crippen LogP contribution in [0.3, 0.4) is 0 Å². The molecule has 33 heavy (non-hydrogen) atoms. The zero-order valence-electron chi connectivity index (χ0n) is 17.4. The predicted molar refractivity (Wildman–Crippen MR) is 125 cm³/mol. The van der Waals surface area contributed by atoms with E-state index in [1.807, 2.05) is 6.07 Å². The standard InChI is InChI=1S/C22H19Cl2N3O5S/c1-31-20-11-26-10-18(24)22(20)32-19-8-13(2-7-17(19)23)14-9-21(28)27(12-14)15-3-5-16(6-4-15)33(25,29)30/h2-8,10-11,14H,9,12H2,1H3,(H2,25,29,30)/t14-/m0/s1. The molecule has 0 saturated carbocycles. The van der Waals surface area contributed by atoms with E-state index in [1.165, 1.54) is 31.6 Å². The minimum absolute atomic E-state index is 0.0147. The highest BCUT2D eigenvalue weighted by molar-refractivity contribution is 7.89. The quantitative estimate of drug-likeness (QED) is 0.530. The number of anilines is 1. The van der Waals surface area contributed by atoms with Gasteiger partial charge < -0.3 is 14.4 Å². The number of hydrogen-bond donors (Lipinski definition) is 1. The van der Waals surface area contributed by atoms with Crippen LogP contribution in [0.15, 0.2) is 59.8 Å². The molecule has 0 aliphatic carbocycles. The van der Waals surface area contributed by atoms with Gasteiger partial charge in [-0.1, -0.05) is 29.3 Å². The number of hydrogen-bond acceptors (Lipinski definition) is 6. The molecule has 0 radical (unpaired) electrons. The number of halogens is 2. The van der Waals surface area contributed by atoms with Crippen LogP contribution in [-0.4, -0.2) is 33.0 Å². The molecule has 1 aromatic heterocycles. The third-order valence-electron chi connectivity index (χ3n) is 5.28. The van der Waals surface area contributed by atoms with E-state index in [0.29, 0.717) is 28.8 Å². The summed E-state index contributed by atoms with van der Waals surface area (Å²) in [5.74, 6) is 0.801. The minimum atomic E-state index is -3.81. The second kappa shape index (κ2) is 9.18. The normalized spacial score (nSPS) is 16.2. The lowest BCUT2D eigenvalue weighted by Gasteiger charge is -2.18. The van der Waals surface area contributed by atoms with Crippen LogP contribution in [0.5, 0.6) is 17.2 Å². The lowest BCUT2D eigenvalue weighted by molar-refractivity contribution is -0.117. The fourth-order valence-electron chi connectivity index (χ4n) is 3.61. The van der Waals surface area contributed by atoms with Crippen LogP contribution in [-0.2, 0) is 14.8 Å². The number of methoxy groups -OCH3 is 1. The maximum atomic E-state index is 12.7. The average molecular weight is 508 g/mol. The Morgan fingerprint density at radius 2 is 1.79 bits per heavy atom. The van der Waals surface area contributed by atoms with Crippen molar-refractivity contribution in [2.75, 3.05) is 18.6 Å². The van der Waals surface area contributed by atoms with Gasteiger partial charge in [-0.3, -0.25) is 9.78 Å². The molecule has 1 aliphatic rings. The summed E-state index contributed by atoms with van der Waals surface area (Å²) in [7, 11) is -2.33. The van der Waals surface area contributed by atoms with E-state index < -0.39 is 10.0 Å². The van der Waals surface area contributed by atoms with E-state index in [4.69, 9.17) is 37.8 Å². The van der Waals surface area contributed by atoms with Gasteiger partial charge in [0.2, 0.25) is 15.9 Å². The molecule has 8 nitrogen and oxygen atoms in total. The van der Waals surface area contributed by atoms with Crippen molar-refractivity contribution in [2.45, 2.75) is 17.2 Å². The molecule has 0 bridgehead atoms. The fraction of sp³-hybridized carbons (Fsp3) is 0.182. The number of sulfonamides is 1. The number of ether oxygens (including phenoxy) is 2. The van der Waals surface area contributed by atoms with Gasteiger partial charge in [-0.05, 0) is 42.0 Å². The molecule has 1 atom stereocenters. The number of rotatable bonds is 6. The van der Waals surface area contributed by atoms with Crippen molar-refractivity contribution in [1.29, 1.82) is 0 Å². The van der Waals surface area contributed by atoms with Crippen molar-refractivity contribution in [2.24, 2.45) is 5.14 Å². The summed E-state index contributed by atoms with van der Waals surface area (Å²) >= 11 is 12.6. The number of nitrogens with zero attached hydrogens (tertiary/aromatic N) is 2. The van der Waals surface area contributed by atoms with Gasteiger partial charge in [0.1, 0.15) is 10.8 Å². The monoisotopic (exact) mass is 507 g/mol. The molecule has 0 unspecified atom stereocenters. The Hall–Kier alpha value is -2.85. The molecule has 1 amide bonds. The molecule has 1 fully saturated rings. The maximum absolute atomic E-state index is 12.7. The Balaban J connectivity index is 1.58. The number of pyridine rings is 1. The van der Waals surface area contributed by atoms with Gasteiger partial charge in [-0.2, -0.15) is 0 Å². The molecule has 172 valence electrons. The Morgan fingerprint density at radius 1 is 1.06 bits per heavy atom. The SMILES string of the molecule is COc1cncc(Cl)c1Oc1cc([C@H]2CC(=O)N(c3ccc(S(N)(=O)=O)cc3)C2)ccc1Cl. The number of carbonyl (C=O) groups excluding carboxylic acids is 1. The van der Waals surface area contributed by atoms with Crippen LogP contribution in [0.1, 0.15) is 17.9 Å². The summed E-state index contributed by atoms with van der Waals surface area (Å²) < 4.78 is 34.2. The summed E-state index contributed by atoms with van der Waals surface area (Å²) in [6, 6.07) is 11.2. The van der Waals surface area contributed by atoms with Crippen LogP contribution < -0.4 is 19.5 Å². The van der Waals surface area contributed by atoms with Crippen LogP contribution >= 0.6 is 23.2 Å². The first-order valence-corrected chi connectivity index (χ1v) is 12.1. The number of primary sulfonamides is 1. The molecule has 2 heterocycles. The van der Waals surface area contributed by atoms with Crippen molar-refractivity contribution in [1.82, 2.24) is 4.98 Å². The second-order valence-corrected chi connectivity index (χ2v) is 9.76. The number of aromatic nitrogens is 1. The zero-order valence-corrected chi connectivity index (χ0v) is 19.7. The summed E-state index contributed by atoms with van der Waals surface area (Å²) in [5, 5.41) is 5.78. The molecule has 3 aromatic rings. The van der Waals surface area contributed by atoms with Crippen molar-refractivity contribution >= 4 is 44.8 Å². The summed E-state index contributed by atoms with van der Waals surface area (Å²) in [5.41, 5.74) is 1.45. The third kappa shape index (κ3) is 4.91. The first-order valence-electron chi connectivity index (χ1n) is 9.75. The van der Waals surface area contributed by atoms with E-state index in [0.717, 1.165) is 5.56 Å². The highest BCUT2D eigenvalue weighted by Crippen LogP contribution is 2.41.